The van der Waals surface area contributed by atoms with E-state index in [1.54, 1.807) is 7.05 Å². The van der Waals surface area contributed by atoms with E-state index in [0.717, 1.165) is 0 Å². The van der Waals surface area contributed by atoms with Gasteiger partial charge in [-0.1, -0.05) is 0 Å². The largest absolute Gasteiger partial charge is 0.508 e. The van der Waals surface area contributed by atoms with Gasteiger partial charge in [0, 0.05) is 18.2 Å². The SMILES string of the molecule is CNCC(F)c1ccc(O)cc1OC. The van der Waals surface area contributed by atoms with Gasteiger partial charge in [-0.25, -0.2) is 4.39 Å². The summed E-state index contributed by atoms with van der Waals surface area (Å²) in [5.74, 6) is 0.440. The molecule has 0 saturated heterocycles. The highest BCUT2D eigenvalue weighted by Crippen LogP contribution is 2.30. The van der Waals surface area contributed by atoms with Crippen molar-refractivity contribution in [2.45, 2.75) is 6.17 Å². The van der Waals surface area contributed by atoms with E-state index in [4.69, 9.17) is 9.84 Å². The van der Waals surface area contributed by atoms with Crippen molar-refractivity contribution in [3.8, 4) is 11.5 Å². The topological polar surface area (TPSA) is 41.5 Å². The number of ether oxygens (including phenoxy) is 1. The first kappa shape index (κ1) is 10.8. The van der Waals surface area contributed by atoms with E-state index < -0.39 is 6.17 Å². The summed E-state index contributed by atoms with van der Waals surface area (Å²) in [5.41, 5.74) is 0.444. The van der Waals surface area contributed by atoms with Crippen LogP contribution in [0.2, 0.25) is 0 Å². The molecule has 1 aromatic rings. The molecule has 0 spiro atoms. The lowest BCUT2D eigenvalue weighted by molar-refractivity contribution is 0.317. The van der Waals surface area contributed by atoms with Crippen LogP contribution in [0.15, 0.2) is 18.2 Å². The summed E-state index contributed by atoms with van der Waals surface area (Å²) in [6.45, 7) is 0.223. The maximum atomic E-state index is 13.5. The zero-order valence-electron chi connectivity index (χ0n) is 8.25. The Morgan fingerprint density at radius 1 is 1.57 bits per heavy atom. The Bertz CT molecular complexity index is 304. The van der Waals surface area contributed by atoms with Crippen LogP contribution >= 0.6 is 0 Å². The number of rotatable bonds is 4. The standard InChI is InChI=1S/C10H14FNO2/c1-12-6-9(11)8-4-3-7(13)5-10(8)14-2/h3-5,9,12-13H,6H2,1-2H3. The molecule has 78 valence electrons. The second-order valence-corrected chi connectivity index (χ2v) is 2.95. The molecule has 0 saturated carbocycles. The van der Waals surface area contributed by atoms with Crippen LogP contribution in [-0.2, 0) is 0 Å². The molecule has 1 unspecified atom stereocenters. The summed E-state index contributed by atoms with van der Waals surface area (Å²) >= 11 is 0. The number of phenols is 1. The summed E-state index contributed by atoms with van der Waals surface area (Å²) in [5, 5.41) is 11.9. The average Bonchev–Trinajstić information content (AvgIpc) is 2.17. The Hall–Kier alpha value is -1.29. The van der Waals surface area contributed by atoms with Gasteiger partial charge in [0.25, 0.3) is 0 Å². The fourth-order valence-electron chi connectivity index (χ4n) is 1.25. The predicted octanol–water partition coefficient (Wildman–Crippen LogP) is 1.63. The minimum atomic E-state index is -1.13. The molecule has 2 N–H and O–H groups in total. The number of alkyl halides is 1. The van der Waals surface area contributed by atoms with Crippen LogP contribution in [0.4, 0.5) is 4.39 Å². The zero-order chi connectivity index (χ0) is 10.6. The summed E-state index contributed by atoms with van der Waals surface area (Å²) in [4.78, 5) is 0. The molecule has 4 heteroatoms. The number of benzene rings is 1. The third-order valence-electron chi connectivity index (χ3n) is 1.94. The first-order valence-corrected chi connectivity index (χ1v) is 4.34. The Kier molecular flexibility index (Phi) is 3.71. The maximum Gasteiger partial charge on any atom is 0.141 e. The molecule has 0 bridgehead atoms. The fraction of sp³-hybridized carbons (Fsp3) is 0.400. The molecule has 14 heavy (non-hydrogen) atoms. The second kappa shape index (κ2) is 4.81. The number of phenolic OH excluding ortho intramolecular Hbond substituents is 1. The summed E-state index contributed by atoms with van der Waals surface area (Å²) in [6, 6.07) is 4.37. The van der Waals surface area contributed by atoms with Crippen LogP contribution < -0.4 is 10.1 Å². The van der Waals surface area contributed by atoms with Gasteiger partial charge in [-0.3, -0.25) is 0 Å². The van der Waals surface area contributed by atoms with Crippen molar-refractivity contribution in [1.82, 2.24) is 5.32 Å². The highest BCUT2D eigenvalue weighted by Gasteiger charge is 2.14. The summed E-state index contributed by atoms with van der Waals surface area (Å²) in [6.07, 6.45) is -1.13. The molecule has 0 radical (unpaired) electrons. The fourth-order valence-corrected chi connectivity index (χ4v) is 1.25. The van der Waals surface area contributed by atoms with Crippen LogP contribution in [0.3, 0.4) is 0 Å². The molecule has 0 aliphatic heterocycles. The van der Waals surface area contributed by atoms with Gasteiger partial charge < -0.3 is 15.2 Å². The lowest BCUT2D eigenvalue weighted by Gasteiger charge is -2.12. The van der Waals surface area contributed by atoms with Crippen molar-refractivity contribution in [2.75, 3.05) is 20.7 Å². The number of methoxy groups -OCH3 is 1. The predicted molar refractivity (Wildman–Crippen MR) is 52.4 cm³/mol. The normalized spacial score (nSPS) is 12.5. The molecule has 0 heterocycles. The molecule has 1 rings (SSSR count). The number of halogens is 1. The van der Waals surface area contributed by atoms with Crippen LogP contribution in [0.1, 0.15) is 11.7 Å². The molecule has 0 aromatic heterocycles. The number of aromatic hydroxyl groups is 1. The van der Waals surface area contributed by atoms with Gasteiger partial charge in [0.05, 0.1) is 7.11 Å². The minimum Gasteiger partial charge on any atom is -0.508 e. The van der Waals surface area contributed by atoms with E-state index in [9.17, 15) is 4.39 Å². The van der Waals surface area contributed by atoms with Gasteiger partial charge >= 0.3 is 0 Å². The van der Waals surface area contributed by atoms with Crippen LogP contribution in [-0.4, -0.2) is 25.8 Å². The number of hydrogen-bond acceptors (Lipinski definition) is 3. The Labute approximate surface area is 82.5 Å². The molecule has 0 aliphatic carbocycles. The van der Waals surface area contributed by atoms with Crippen molar-refractivity contribution in [2.24, 2.45) is 0 Å². The van der Waals surface area contributed by atoms with Gasteiger partial charge in [0.1, 0.15) is 17.7 Å². The van der Waals surface area contributed by atoms with Gasteiger partial charge in [0.15, 0.2) is 0 Å². The van der Waals surface area contributed by atoms with Crippen molar-refractivity contribution in [3.05, 3.63) is 23.8 Å². The number of likely N-dealkylation sites (N-methyl/N-ethyl adjacent to an activating group) is 1. The lowest BCUT2D eigenvalue weighted by atomic mass is 10.1. The third-order valence-corrected chi connectivity index (χ3v) is 1.94. The van der Waals surface area contributed by atoms with Gasteiger partial charge in [-0.2, -0.15) is 0 Å². The highest BCUT2D eigenvalue weighted by atomic mass is 19.1. The Balaban J connectivity index is 2.95. The highest BCUT2D eigenvalue weighted by molar-refractivity contribution is 5.41. The van der Waals surface area contributed by atoms with Crippen LogP contribution in [0.5, 0.6) is 11.5 Å². The molecular formula is C10H14FNO2. The van der Waals surface area contributed by atoms with Gasteiger partial charge in [0.2, 0.25) is 0 Å². The average molecular weight is 199 g/mol. The van der Waals surface area contributed by atoms with Crippen molar-refractivity contribution in [1.29, 1.82) is 0 Å². The third kappa shape index (κ3) is 2.35. The maximum absolute atomic E-state index is 13.5. The van der Waals surface area contributed by atoms with Gasteiger partial charge in [-0.15, -0.1) is 0 Å². The second-order valence-electron chi connectivity index (χ2n) is 2.95. The summed E-state index contributed by atoms with van der Waals surface area (Å²) < 4.78 is 18.5. The first-order chi connectivity index (χ1) is 6.69. The first-order valence-electron chi connectivity index (χ1n) is 4.34. The Morgan fingerprint density at radius 2 is 2.29 bits per heavy atom. The molecule has 1 atom stereocenters. The monoisotopic (exact) mass is 199 g/mol. The zero-order valence-corrected chi connectivity index (χ0v) is 8.25. The number of nitrogens with one attached hydrogen (secondary N) is 1. The number of hydrogen-bond donors (Lipinski definition) is 2. The van der Waals surface area contributed by atoms with E-state index >= 15 is 0 Å². The van der Waals surface area contributed by atoms with Gasteiger partial charge in [-0.05, 0) is 19.2 Å². The molecule has 1 aromatic carbocycles. The van der Waals surface area contributed by atoms with Crippen LogP contribution in [0, 0.1) is 0 Å². The van der Waals surface area contributed by atoms with Crippen molar-refractivity contribution in [3.63, 3.8) is 0 Å². The molecule has 0 aliphatic rings. The van der Waals surface area contributed by atoms with E-state index in [0.29, 0.717) is 11.3 Å². The van der Waals surface area contributed by atoms with Crippen LogP contribution in [0.25, 0.3) is 0 Å². The smallest absolute Gasteiger partial charge is 0.141 e. The van der Waals surface area contributed by atoms with E-state index in [1.165, 1.54) is 25.3 Å². The van der Waals surface area contributed by atoms with Crippen molar-refractivity contribution < 1.29 is 14.2 Å². The molecular weight excluding hydrogens is 185 g/mol. The van der Waals surface area contributed by atoms with E-state index in [1.807, 2.05) is 0 Å². The molecule has 0 fully saturated rings. The summed E-state index contributed by atoms with van der Waals surface area (Å²) in [7, 11) is 3.13. The molecule has 0 amide bonds. The van der Waals surface area contributed by atoms with E-state index in [-0.39, 0.29) is 12.3 Å². The minimum absolute atomic E-state index is 0.0715. The van der Waals surface area contributed by atoms with Crippen molar-refractivity contribution >= 4 is 0 Å². The Morgan fingerprint density at radius 3 is 2.86 bits per heavy atom. The lowest BCUT2D eigenvalue weighted by Crippen LogP contribution is -2.14. The van der Waals surface area contributed by atoms with E-state index in [2.05, 4.69) is 5.32 Å². The quantitative estimate of drug-likeness (QED) is 0.774. The molecule has 3 nitrogen and oxygen atoms in total.